The molecule has 0 bridgehead atoms. The van der Waals surface area contributed by atoms with Crippen LogP contribution in [0.1, 0.15) is 12.8 Å². The fraction of sp³-hybridized carbons (Fsp3) is 0.571. The average molecular weight is 506 g/mol. The maximum absolute atomic E-state index is 10.9. The number of hydrogen-bond donors (Lipinski definition) is 1. The first-order chi connectivity index (χ1) is 14.4. The fourth-order valence-electron chi connectivity index (χ4n) is 2.87. The van der Waals surface area contributed by atoms with E-state index in [-0.39, 0.29) is 12.1 Å². The van der Waals surface area contributed by atoms with E-state index in [1.807, 2.05) is 0 Å². The predicted molar refractivity (Wildman–Crippen MR) is 108 cm³/mol. The normalized spacial score (nSPS) is 18.2. The van der Waals surface area contributed by atoms with Crippen LogP contribution >= 0.6 is 23.2 Å². The Balaban J connectivity index is 0.000000343. The third kappa shape index (κ3) is 7.48. The Morgan fingerprint density at radius 2 is 1.55 bits per heavy atom. The van der Waals surface area contributed by atoms with E-state index < -0.39 is 46.8 Å². The average Bonchev–Trinajstić information content (AvgIpc) is 3.14. The van der Waals surface area contributed by atoms with Crippen molar-refractivity contribution >= 4 is 50.4 Å². The van der Waals surface area contributed by atoms with Crippen molar-refractivity contribution in [1.82, 2.24) is 0 Å². The molecule has 1 aromatic carbocycles. The molecule has 1 aliphatic rings. The molecule has 17 heteroatoms. The molecule has 174 valence electrons. The van der Waals surface area contributed by atoms with Crippen molar-refractivity contribution in [2.45, 2.75) is 17.7 Å². The van der Waals surface area contributed by atoms with E-state index in [1.54, 1.807) is 0 Å². The highest BCUT2D eigenvalue weighted by atomic mass is 35.5. The highest BCUT2D eigenvalue weighted by molar-refractivity contribution is 7.86. The van der Waals surface area contributed by atoms with Crippen LogP contribution in [0.3, 0.4) is 0 Å². The second-order valence-electron chi connectivity index (χ2n) is 6.21. The number of alkyl halides is 2. The molecular weight excluding hydrogens is 487 g/mol. The van der Waals surface area contributed by atoms with Crippen molar-refractivity contribution in [2.75, 3.05) is 38.0 Å². The summed E-state index contributed by atoms with van der Waals surface area (Å²) in [6.07, 6.45) is 2.16. The minimum Gasteiger partial charge on any atom is -0.281 e. The summed E-state index contributed by atoms with van der Waals surface area (Å²) in [7, 11) is -5.30. The number of quaternary nitrogens is 1. The van der Waals surface area contributed by atoms with Gasteiger partial charge in [-0.05, 0) is 0 Å². The van der Waals surface area contributed by atoms with Crippen molar-refractivity contribution in [1.29, 1.82) is 0 Å². The molecule has 0 amide bonds. The molecule has 2 rings (SSSR count). The van der Waals surface area contributed by atoms with E-state index in [2.05, 4.69) is 0 Å². The zero-order chi connectivity index (χ0) is 23.8. The van der Waals surface area contributed by atoms with Crippen LogP contribution < -0.4 is 0 Å². The van der Waals surface area contributed by atoms with Crippen LogP contribution in [0.25, 0.3) is 0 Å². The van der Waals surface area contributed by atoms with Gasteiger partial charge in [0.2, 0.25) is 4.90 Å². The molecular formula is C14H19Cl2N4O10S+. The van der Waals surface area contributed by atoms with Gasteiger partial charge in [-0.2, -0.15) is 13.1 Å². The Hall–Kier alpha value is -2.17. The largest absolute Gasteiger partial charge is 0.308 e. The molecule has 14 nitrogen and oxygen atoms in total. The summed E-state index contributed by atoms with van der Waals surface area (Å²) < 4.78 is 31.4. The molecule has 0 aliphatic carbocycles. The minimum absolute atomic E-state index is 0.204. The van der Waals surface area contributed by atoms with Crippen LogP contribution in [0.4, 0.5) is 17.1 Å². The molecule has 1 atom stereocenters. The summed E-state index contributed by atoms with van der Waals surface area (Å²) in [6, 6.07) is 0.409. The van der Waals surface area contributed by atoms with Crippen molar-refractivity contribution in [3.05, 3.63) is 42.5 Å². The molecule has 1 aliphatic heterocycles. The van der Waals surface area contributed by atoms with Gasteiger partial charge in [-0.1, -0.05) is 0 Å². The minimum atomic E-state index is -5.30. The van der Waals surface area contributed by atoms with Crippen LogP contribution in [0.2, 0.25) is 0 Å². The van der Waals surface area contributed by atoms with E-state index in [9.17, 15) is 38.8 Å². The fourth-order valence-corrected chi connectivity index (χ4v) is 4.09. The van der Waals surface area contributed by atoms with Gasteiger partial charge in [0.1, 0.15) is 26.2 Å². The third-order valence-corrected chi connectivity index (χ3v) is 5.53. The molecule has 0 radical (unpaired) electrons. The second-order valence-corrected chi connectivity index (χ2v) is 8.32. The van der Waals surface area contributed by atoms with Gasteiger partial charge in [0.25, 0.3) is 5.69 Å². The van der Waals surface area contributed by atoms with Crippen LogP contribution in [0.15, 0.2) is 17.0 Å². The molecule has 1 saturated heterocycles. The zero-order valence-electron chi connectivity index (χ0n) is 15.9. The molecule has 0 spiro atoms. The van der Waals surface area contributed by atoms with Gasteiger partial charge in [0, 0.05) is 18.7 Å². The first-order valence-corrected chi connectivity index (χ1v) is 11.1. The number of nitro benzene ring substituents is 3. The summed E-state index contributed by atoms with van der Waals surface area (Å²) in [5.41, 5.74) is -3.96. The predicted octanol–water partition coefficient (Wildman–Crippen LogP) is 2.66. The van der Waals surface area contributed by atoms with E-state index in [0.29, 0.717) is 11.8 Å². The number of benzene rings is 1. The van der Waals surface area contributed by atoms with Crippen LogP contribution in [-0.4, -0.2) is 70.4 Å². The molecule has 1 fully saturated rings. The molecule has 0 saturated carbocycles. The summed E-state index contributed by atoms with van der Waals surface area (Å²) in [5.74, 6) is 1.38. The van der Waals surface area contributed by atoms with Gasteiger partial charge in [-0.25, -0.2) is 4.84 Å². The standard InChI is InChI=1S/C8H16Cl2NO.C6H3N3O9S/c9-3-1-5-11(7-4-10)6-2-8-12-11;10-7(11)3-1-4(8(12)13)6(19(16,17)18)5(2-3)9(14)15/h1-8H2;1-2H,(H,16,17,18)/q+1;. The number of nitrogens with zero attached hydrogens (tertiary/aromatic N) is 4. The smallest absolute Gasteiger partial charge is 0.281 e. The quantitative estimate of drug-likeness (QED) is 0.171. The molecule has 1 unspecified atom stereocenters. The van der Waals surface area contributed by atoms with E-state index >= 15 is 0 Å². The van der Waals surface area contributed by atoms with Crippen molar-refractivity contribution in [3.63, 3.8) is 0 Å². The topological polar surface area (TPSA) is 193 Å². The maximum Gasteiger partial charge on any atom is 0.308 e. The van der Waals surface area contributed by atoms with Crippen LogP contribution in [0, 0.1) is 30.3 Å². The number of nitro groups is 3. The molecule has 1 aromatic rings. The summed E-state index contributed by atoms with van der Waals surface area (Å²) in [5, 5.41) is 31.7. The highest BCUT2D eigenvalue weighted by Crippen LogP contribution is 2.36. The number of halogens is 2. The van der Waals surface area contributed by atoms with E-state index in [4.69, 9.17) is 32.6 Å². The van der Waals surface area contributed by atoms with Gasteiger partial charge in [-0.15, -0.1) is 23.2 Å². The number of hydroxylamine groups is 3. The lowest BCUT2D eigenvalue weighted by molar-refractivity contribution is -1.09. The lowest BCUT2D eigenvalue weighted by Crippen LogP contribution is -2.46. The maximum atomic E-state index is 10.9. The third-order valence-electron chi connectivity index (χ3n) is 4.16. The monoisotopic (exact) mass is 505 g/mol. The van der Waals surface area contributed by atoms with E-state index in [0.717, 1.165) is 43.7 Å². The Labute approximate surface area is 186 Å². The van der Waals surface area contributed by atoms with Crippen molar-refractivity contribution in [3.8, 4) is 0 Å². The lowest BCUT2D eigenvalue weighted by Gasteiger charge is -2.29. The number of non-ortho nitro benzene ring substituents is 1. The van der Waals surface area contributed by atoms with Gasteiger partial charge >= 0.3 is 21.5 Å². The van der Waals surface area contributed by atoms with E-state index in [1.165, 1.54) is 0 Å². The summed E-state index contributed by atoms with van der Waals surface area (Å²) in [6.45, 7) is 3.90. The molecule has 0 aromatic heterocycles. The molecule has 31 heavy (non-hydrogen) atoms. The zero-order valence-corrected chi connectivity index (χ0v) is 18.2. The number of rotatable bonds is 9. The Morgan fingerprint density at radius 3 is 1.87 bits per heavy atom. The van der Waals surface area contributed by atoms with Gasteiger partial charge in [-0.3, -0.25) is 34.9 Å². The number of hydrogen-bond acceptors (Lipinski definition) is 9. The lowest BCUT2D eigenvalue weighted by atomic mass is 10.2. The van der Waals surface area contributed by atoms with Crippen LogP contribution in [-0.2, 0) is 15.0 Å². The molecule has 1 N–H and O–H groups in total. The summed E-state index contributed by atoms with van der Waals surface area (Å²) >= 11 is 11.4. The first kappa shape index (κ1) is 26.9. The van der Waals surface area contributed by atoms with Gasteiger partial charge in [0.15, 0.2) is 0 Å². The Kier molecular flexibility index (Phi) is 9.92. The van der Waals surface area contributed by atoms with Crippen molar-refractivity contribution < 1.29 is 37.2 Å². The van der Waals surface area contributed by atoms with Crippen molar-refractivity contribution in [2.24, 2.45) is 0 Å². The van der Waals surface area contributed by atoms with Gasteiger partial charge < -0.3 is 0 Å². The highest BCUT2D eigenvalue weighted by Gasteiger charge is 2.38. The first-order valence-electron chi connectivity index (χ1n) is 8.60. The van der Waals surface area contributed by atoms with Crippen LogP contribution in [0.5, 0.6) is 0 Å². The van der Waals surface area contributed by atoms with Gasteiger partial charge in [0.05, 0.1) is 32.8 Å². The molecule has 1 heterocycles. The summed E-state index contributed by atoms with van der Waals surface area (Å²) in [4.78, 5) is 31.8. The Bertz CT molecular complexity index is 902. The SMILES string of the molecule is ClCCC[N+]1(CCCl)CCCO1.O=[N+]([O-])c1cc([N+](=O)[O-])c(S(=O)(=O)O)c([N+](=O)[O-])c1. The second kappa shape index (κ2) is 11.4. The Morgan fingerprint density at radius 1 is 1.00 bits per heavy atom.